The van der Waals surface area contributed by atoms with Crippen LogP contribution in [0.15, 0.2) is 65.7 Å². The largest absolute Gasteiger partial charge is 0.282 e. The molecule has 4 nitrogen and oxygen atoms in total. The minimum atomic E-state index is -3.23. The van der Waals surface area contributed by atoms with E-state index in [1.54, 1.807) is 24.3 Å². The van der Waals surface area contributed by atoms with Crippen LogP contribution >= 0.6 is 0 Å². The number of halogens is 1. The van der Waals surface area contributed by atoms with Gasteiger partial charge in [0.1, 0.15) is 5.82 Å². The highest BCUT2D eigenvalue weighted by atomic mass is 32.2. The molecular formula is C26H27FN2O2S. The van der Waals surface area contributed by atoms with Gasteiger partial charge in [-0.1, -0.05) is 24.3 Å². The van der Waals surface area contributed by atoms with Gasteiger partial charge in [0.25, 0.3) is 0 Å². The molecule has 6 heteroatoms. The van der Waals surface area contributed by atoms with Crippen LogP contribution in [-0.2, 0) is 15.3 Å². The molecule has 166 valence electrons. The molecule has 4 saturated carbocycles. The van der Waals surface area contributed by atoms with Crippen molar-refractivity contribution in [3.05, 3.63) is 83.4 Å². The van der Waals surface area contributed by atoms with Crippen molar-refractivity contribution in [1.82, 2.24) is 10.2 Å². The molecule has 0 amide bonds. The number of aromatic nitrogens is 2. The Hall–Kier alpha value is -2.47. The first-order valence-corrected chi connectivity index (χ1v) is 13.3. The Bertz CT molecular complexity index is 1220. The first-order chi connectivity index (χ1) is 15.3. The van der Waals surface area contributed by atoms with E-state index in [9.17, 15) is 12.8 Å². The number of hydrogen-bond donors (Lipinski definition) is 1. The third-order valence-corrected chi connectivity index (χ3v) is 9.64. The Morgan fingerprint density at radius 3 is 2.16 bits per heavy atom. The quantitative estimate of drug-likeness (QED) is 0.594. The zero-order valence-corrected chi connectivity index (χ0v) is 18.9. The van der Waals surface area contributed by atoms with E-state index < -0.39 is 9.84 Å². The lowest BCUT2D eigenvalue weighted by molar-refractivity contribution is -0.0475. The molecule has 0 saturated heterocycles. The van der Waals surface area contributed by atoms with Crippen molar-refractivity contribution in [3.63, 3.8) is 0 Å². The summed E-state index contributed by atoms with van der Waals surface area (Å²) in [6.45, 7) is 0. The van der Waals surface area contributed by atoms with E-state index in [2.05, 4.69) is 16.3 Å². The fourth-order valence-electron chi connectivity index (χ4n) is 7.64. The first-order valence-electron chi connectivity index (χ1n) is 11.4. The third-order valence-electron chi connectivity index (χ3n) is 8.51. The van der Waals surface area contributed by atoms with Crippen LogP contribution in [0.4, 0.5) is 4.39 Å². The molecule has 3 unspecified atom stereocenters. The minimum absolute atomic E-state index is 0.0483. The molecule has 4 aliphatic rings. The normalized spacial score (nSPS) is 33.5. The molecule has 4 bridgehead atoms. The van der Waals surface area contributed by atoms with E-state index in [0.717, 1.165) is 12.8 Å². The second-order valence-corrected chi connectivity index (χ2v) is 12.2. The summed E-state index contributed by atoms with van der Waals surface area (Å²) < 4.78 is 37.8. The Labute approximate surface area is 188 Å². The SMILES string of the molecule is CS(=O)(=O)c1ccc(C2C3CC4CC2(c2ccc(F)cc2)CC(C3)C4c2ccn[nH]2)cc1. The average Bonchev–Trinajstić information content (AvgIpc) is 3.27. The fraction of sp³-hybridized carbons (Fsp3) is 0.423. The van der Waals surface area contributed by atoms with Crippen molar-refractivity contribution in [1.29, 1.82) is 0 Å². The third kappa shape index (κ3) is 2.99. The summed E-state index contributed by atoms with van der Waals surface area (Å²) in [6.07, 6.45) is 7.56. The molecule has 0 aliphatic heterocycles. The summed E-state index contributed by atoms with van der Waals surface area (Å²) in [7, 11) is -3.23. The molecule has 0 spiro atoms. The van der Waals surface area contributed by atoms with E-state index in [0.29, 0.717) is 34.5 Å². The lowest BCUT2D eigenvalue weighted by atomic mass is 9.40. The van der Waals surface area contributed by atoms with Crippen LogP contribution in [0.25, 0.3) is 0 Å². The highest BCUT2D eigenvalue weighted by Crippen LogP contribution is 2.69. The number of aromatic amines is 1. The number of rotatable bonds is 4. The Kier molecular flexibility index (Phi) is 4.42. The second kappa shape index (κ2) is 7.01. The zero-order chi connectivity index (χ0) is 22.1. The van der Waals surface area contributed by atoms with Crippen molar-refractivity contribution in [2.75, 3.05) is 6.26 Å². The van der Waals surface area contributed by atoms with Crippen LogP contribution in [-0.4, -0.2) is 24.9 Å². The van der Waals surface area contributed by atoms with Crippen molar-refractivity contribution < 1.29 is 12.8 Å². The van der Waals surface area contributed by atoms with Gasteiger partial charge in [-0.2, -0.15) is 5.10 Å². The van der Waals surface area contributed by atoms with Crippen molar-refractivity contribution >= 4 is 9.84 Å². The van der Waals surface area contributed by atoms with Gasteiger partial charge in [0, 0.05) is 29.5 Å². The van der Waals surface area contributed by atoms with E-state index in [-0.39, 0.29) is 11.2 Å². The van der Waals surface area contributed by atoms with Gasteiger partial charge in [-0.15, -0.1) is 0 Å². The van der Waals surface area contributed by atoms with E-state index in [1.807, 2.05) is 30.5 Å². The van der Waals surface area contributed by atoms with E-state index in [4.69, 9.17) is 0 Å². The molecule has 1 N–H and O–H groups in total. The summed E-state index contributed by atoms with van der Waals surface area (Å²) in [5.41, 5.74) is 3.64. The van der Waals surface area contributed by atoms with Gasteiger partial charge in [0.05, 0.1) is 4.90 Å². The second-order valence-electron chi connectivity index (χ2n) is 10.2. The molecule has 1 heterocycles. The van der Waals surface area contributed by atoms with Gasteiger partial charge in [-0.25, -0.2) is 12.8 Å². The number of nitrogens with zero attached hydrogens (tertiary/aromatic N) is 1. The van der Waals surface area contributed by atoms with Crippen LogP contribution in [0, 0.1) is 23.6 Å². The van der Waals surface area contributed by atoms with Crippen LogP contribution in [0.2, 0.25) is 0 Å². The predicted molar refractivity (Wildman–Crippen MR) is 121 cm³/mol. The summed E-state index contributed by atoms with van der Waals surface area (Å²) in [6, 6.07) is 16.8. The average molecular weight is 451 g/mol. The van der Waals surface area contributed by atoms with Gasteiger partial charge < -0.3 is 0 Å². The molecule has 3 aromatic rings. The Morgan fingerprint density at radius 2 is 1.59 bits per heavy atom. The lowest BCUT2D eigenvalue weighted by Gasteiger charge is -2.64. The molecule has 3 atom stereocenters. The Morgan fingerprint density at radius 1 is 0.938 bits per heavy atom. The van der Waals surface area contributed by atoms with Gasteiger partial charge in [-0.05, 0) is 90.8 Å². The maximum absolute atomic E-state index is 13.8. The Balaban J connectivity index is 1.45. The van der Waals surface area contributed by atoms with Crippen molar-refractivity contribution in [3.8, 4) is 0 Å². The molecular weight excluding hydrogens is 423 g/mol. The first kappa shape index (κ1) is 20.2. The van der Waals surface area contributed by atoms with E-state index >= 15 is 0 Å². The lowest BCUT2D eigenvalue weighted by Crippen LogP contribution is -2.56. The number of benzene rings is 2. The molecule has 4 fully saturated rings. The van der Waals surface area contributed by atoms with Gasteiger partial charge in [0.15, 0.2) is 9.84 Å². The summed E-state index contributed by atoms with van der Waals surface area (Å²) in [4.78, 5) is 0.361. The molecule has 7 rings (SSSR count). The smallest absolute Gasteiger partial charge is 0.175 e. The van der Waals surface area contributed by atoms with E-state index in [1.165, 1.54) is 35.9 Å². The van der Waals surface area contributed by atoms with Crippen LogP contribution in [0.5, 0.6) is 0 Å². The van der Waals surface area contributed by atoms with Gasteiger partial charge in [0.2, 0.25) is 0 Å². The topological polar surface area (TPSA) is 62.8 Å². The van der Waals surface area contributed by atoms with Gasteiger partial charge >= 0.3 is 0 Å². The molecule has 1 aromatic heterocycles. The van der Waals surface area contributed by atoms with Crippen LogP contribution in [0.1, 0.15) is 54.3 Å². The zero-order valence-electron chi connectivity index (χ0n) is 18.0. The van der Waals surface area contributed by atoms with Crippen molar-refractivity contribution in [2.24, 2.45) is 17.8 Å². The molecule has 32 heavy (non-hydrogen) atoms. The number of H-pyrrole nitrogens is 1. The summed E-state index contributed by atoms with van der Waals surface area (Å²) in [5.74, 6) is 2.31. The van der Waals surface area contributed by atoms with Gasteiger partial charge in [-0.3, -0.25) is 5.10 Å². The number of nitrogens with one attached hydrogen (secondary N) is 1. The maximum Gasteiger partial charge on any atom is 0.175 e. The van der Waals surface area contributed by atoms with Crippen molar-refractivity contribution in [2.45, 2.75) is 47.8 Å². The highest BCUT2D eigenvalue weighted by Gasteiger charge is 2.61. The van der Waals surface area contributed by atoms with Crippen LogP contribution in [0.3, 0.4) is 0 Å². The van der Waals surface area contributed by atoms with Crippen LogP contribution < -0.4 is 0 Å². The minimum Gasteiger partial charge on any atom is -0.282 e. The predicted octanol–water partition coefficient (Wildman–Crippen LogP) is 5.21. The standard InChI is InChI=1S/C26H27FN2O2S/c1-32(30,31)22-8-2-16(3-9-22)25-17-12-18-14-26(25,20-4-6-21(27)7-5-20)15-19(13-17)24(18)23-10-11-28-29-23/h2-11,17-19,24-25H,12-15H2,1H3,(H,28,29). The fourth-order valence-corrected chi connectivity index (χ4v) is 8.27. The molecule has 0 radical (unpaired) electrons. The molecule has 2 aromatic carbocycles. The number of sulfone groups is 1. The number of hydrogen-bond acceptors (Lipinski definition) is 3. The highest BCUT2D eigenvalue weighted by molar-refractivity contribution is 7.90. The maximum atomic E-state index is 13.8. The summed E-state index contributed by atoms with van der Waals surface area (Å²) in [5, 5.41) is 7.45. The summed E-state index contributed by atoms with van der Waals surface area (Å²) >= 11 is 0. The monoisotopic (exact) mass is 450 g/mol. The molecule has 4 aliphatic carbocycles.